The number of amides is 1. The van der Waals surface area contributed by atoms with Gasteiger partial charge < -0.3 is 14.2 Å². The monoisotopic (exact) mass is 419 g/mol. The fourth-order valence-electron chi connectivity index (χ4n) is 3.53. The molecule has 9 nitrogen and oxygen atoms in total. The smallest absolute Gasteiger partial charge is 0.419 e. The van der Waals surface area contributed by atoms with E-state index in [2.05, 4.69) is 5.32 Å². The maximum atomic E-state index is 13.1. The molecule has 1 aliphatic rings. The van der Waals surface area contributed by atoms with E-state index in [4.69, 9.17) is 8.83 Å². The minimum absolute atomic E-state index is 0.0380. The molecular weight excluding hydrogens is 398 g/mol. The molecule has 0 spiro atoms. The van der Waals surface area contributed by atoms with Crippen molar-refractivity contribution in [3.05, 3.63) is 52.9 Å². The molecule has 1 atom stereocenters. The standard InChI is InChI=1S/C19H21N3O6S/c1-21-16-7-6-15(10-17(16)28-19(21)24)29(25,26)22-8-2-4-13(12-22)18(23)20-11-14-5-3-9-27-14/h3,5-7,9-10,13H,2,4,8,11-12H2,1H3,(H,20,23)/t13-/m1/s1. The van der Waals surface area contributed by atoms with Crippen LogP contribution in [-0.4, -0.2) is 36.3 Å². The van der Waals surface area contributed by atoms with E-state index in [1.54, 1.807) is 25.2 Å². The van der Waals surface area contributed by atoms with Crippen molar-refractivity contribution in [2.75, 3.05) is 13.1 Å². The molecule has 3 heterocycles. The summed E-state index contributed by atoms with van der Waals surface area (Å²) in [4.78, 5) is 24.2. The van der Waals surface area contributed by atoms with Gasteiger partial charge in [0.05, 0.1) is 29.1 Å². The fraction of sp³-hybridized carbons (Fsp3) is 0.368. The molecule has 0 bridgehead atoms. The summed E-state index contributed by atoms with van der Waals surface area (Å²) in [5.74, 6) is -0.560. The maximum Gasteiger partial charge on any atom is 0.419 e. The number of carbonyl (C=O) groups excluding carboxylic acids is 1. The molecule has 1 amide bonds. The van der Waals surface area contributed by atoms with Crippen molar-refractivity contribution in [3.8, 4) is 0 Å². The normalized spacial score (nSPS) is 18.2. The molecule has 0 saturated carbocycles. The molecular formula is C19H21N3O6S. The van der Waals surface area contributed by atoms with Crippen LogP contribution >= 0.6 is 0 Å². The Morgan fingerprint density at radius 1 is 1.31 bits per heavy atom. The lowest BCUT2D eigenvalue weighted by Crippen LogP contribution is -2.45. The highest BCUT2D eigenvalue weighted by molar-refractivity contribution is 7.89. The lowest BCUT2D eigenvalue weighted by atomic mass is 9.99. The molecule has 1 aliphatic heterocycles. The van der Waals surface area contributed by atoms with Crippen molar-refractivity contribution in [2.45, 2.75) is 24.3 Å². The number of carbonyl (C=O) groups is 1. The quantitative estimate of drug-likeness (QED) is 0.669. The minimum atomic E-state index is -3.82. The number of nitrogens with zero attached hydrogens (tertiary/aromatic N) is 2. The van der Waals surface area contributed by atoms with Crippen LogP contribution in [0.25, 0.3) is 11.1 Å². The number of hydrogen-bond donors (Lipinski definition) is 1. The van der Waals surface area contributed by atoms with Gasteiger partial charge in [-0.25, -0.2) is 13.2 Å². The number of hydrogen-bond acceptors (Lipinski definition) is 6. The third kappa shape index (κ3) is 3.73. The number of nitrogens with one attached hydrogen (secondary N) is 1. The molecule has 1 fully saturated rings. The third-order valence-corrected chi connectivity index (χ3v) is 7.03. The molecule has 154 valence electrons. The first-order valence-corrected chi connectivity index (χ1v) is 10.7. The van der Waals surface area contributed by atoms with Crippen LogP contribution in [0.15, 0.2) is 55.1 Å². The topological polar surface area (TPSA) is 115 Å². The van der Waals surface area contributed by atoms with Crippen molar-refractivity contribution < 1.29 is 22.0 Å². The van der Waals surface area contributed by atoms with Crippen LogP contribution in [-0.2, 0) is 28.4 Å². The Hall–Kier alpha value is -2.85. The number of aromatic nitrogens is 1. The maximum absolute atomic E-state index is 13.1. The van der Waals surface area contributed by atoms with E-state index >= 15 is 0 Å². The molecule has 29 heavy (non-hydrogen) atoms. The number of fused-ring (bicyclic) bond motifs is 1. The van der Waals surface area contributed by atoms with Crippen molar-refractivity contribution >= 4 is 27.0 Å². The van der Waals surface area contributed by atoms with Gasteiger partial charge in [0.15, 0.2) is 5.58 Å². The average Bonchev–Trinajstić information content (AvgIpc) is 3.34. The zero-order chi connectivity index (χ0) is 20.6. The van der Waals surface area contributed by atoms with Crippen LogP contribution in [0.2, 0.25) is 0 Å². The van der Waals surface area contributed by atoms with Crippen molar-refractivity contribution in [1.82, 2.24) is 14.2 Å². The summed E-state index contributed by atoms with van der Waals surface area (Å²) >= 11 is 0. The summed E-state index contributed by atoms with van der Waals surface area (Å²) in [6, 6.07) is 7.85. The lowest BCUT2D eigenvalue weighted by molar-refractivity contribution is -0.126. The number of benzene rings is 1. The molecule has 3 aromatic rings. The van der Waals surface area contributed by atoms with Crippen LogP contribution in [0, 0.1) is 5.92 Å². The first-order valence-electron chi connectivity index (χ1n) is 9.26. The van der Waals surface area contributed by atoms with Crippen LogP contribution < -0.4 is 11.1 Å². The lowest BCUT2D eigenvalue weighted by Gasteiger charge is -2.31. The predicted octanol–water partition coefficient (Wildman–Crippen LogP) is 1.44. The van der Waals surface area contributed by atoms with Crippen LogP contribution in [0.5, 0.6) is 0 Å². The fourth-order valence-corrected chi connectivity index (χ4v) is 5.07. The molecule has 4 rings (SSSR count). The van der Waals surface area contributed by atoms with Gasteiger partial charge in [0.2, 0.25) is 15.9 Å². The summed E-state index contributed by atoms with van der Waals surface area (Å²) in [6.07, 6.45) is 2.73. The van der Waals surface area contributed by atoms with Gasteiger partial charge >= 0.3 is 5.76 Å². The Bertz CT molecular complexity index is 1190. The number of rotatable bonds is 5. The van der Waals surface area contributed by atoms with E-state index in [1.165, 1.54) is 27.3 Å². The molecule has 1 N–H and O–H groups in total. The number of oxazole rings is 1. The largest absolute Gasteiger partial charge is 0.467 e. The number of furan rings is 1. The van der Waals surface area contributed by atoms with Gasteiger partial charge in [-0.1, -0.05) is 0 Å². The van der Waals surface area contributed by atoms with E-state index in [0.717, 1.165) is 0 Å². The molecule has 10 heteroatoms. The third-order valence-electron chi connectivity index (χ3n) is 5.17. The molecule has 0 radical (unpaired) electrons. The average molecular weight is 419 g/mol. The number of piperidine rings is 1. The molecule has 0 aliphatic carbocycles. The molecule has 2 aromatic heterocycles. The highest BCUT2D eigenvalue weighted by Gasteiger charge is 2.33. The van der Waals surface area contributed by atoms with Gasteiger partial charge in [0.1, 0.15) is 5.76 Å². The summed E-state index contributed by atoms with van der Waals surface area (Å²) < 4.78 is 39.1. The zero-order valence-electron chi connectivity index (χ0n) is 15.8. The van der Waals surface area contributed by atoms with Gasteiger partial charge in [0, 0.05) is 26.2 Å². The second-order valence-corrected chi connectivity index (χ2v) is 8.99. The Morgan fingerprint density at radius 3 is 2.90 bits per heavy atom. The summed E-state index contributed by atoms with van der Waals surface area (Å²) in [5, 5.41) is 2.79. The summed E-state index contributed by atoms with van der Waals surface area (Å²) in [6.45, 7) is 0.697. The molecule has 0 unspecified atom stereocenters. The van der Waals surface area contributed by atoms with Crippen LogP contribution in [0.3, 0.4) is 0 Å². The second-order valence-electron chi connectivity index (χ2n) is 7.06. The highest BCUT2D eigenvalue weighted by atomic mass is 32.2. The Kier molecular flexibility index (Phi) is 5.05. The minimum Gasteiger partial charge on any atom is -0.467 e. The number of sulfonamides is 1. The van der Waals surface area contributed by atoms with Gasteiger partial charge in [-0.05, 0) is 37.1 Å². The van der Waals surface area contributed by atoms with E-state index in [9.17, 15) is 18.0 Å². The van der Waals surface area contributed by atoms with Gasteiger partial charge in [-0.3, -0.25) is 9.36 Å². The first-order chi connectivity index (χ1) is 13.9. The van der Waals surface area contributed by atoms with Crippen LogP contribution in [0.1, 0.15) is 18.6 Å². The zero-order valence-corrected chi connectivity index (χ0v) is 16.6. The van der Waals surface area contributed by atoms with Gasteiger partial charge in [0.25, 0.3) is 0 Å². The van der Waals surface area contributed by atoms with E-state index in [-0.39, 0.29) is 29.5 Å². The molecule has 1 aromatic carbocycles. The number of aryl methyl sites for hydroxylation is 1. The Balaban J connectivity index is 1.50. The van der Waals surface area contributed by atoms with Crippen molar-refractivity contribution in [3.63, 3.8) is 0 Å². The van der Waals surface area contributed by atoms with Gasteiger partial charge in [-0.15, -0.1) is 0 Å². The van der Waals surface area contributed by atoms with E-state index in [1.807, 2.05) is 0 Å². The van der Waals surface area contributed by atoms with Crippen molar-refractivity contribution in [1.29, 1.82) is 0 Å². The summed E-state index contributed by atoms with van der Waals surface area (Å²) in [7, 11) is -2.26. The Morgan fingerprint density at radius 2 is 2.14 bits per heavy atom. The van der Waals surface area contributed by atoms with E-state index in [0.29, 0.717) is 30.7 Å². The van der Waals surface area contributed by atoms with E-state index < -0.39 is 21.7 Å². The highest BCUT2D eigenvalue weighted by Crippen LogP contribution is 2.26. The van der Waals surface area contributed by atoms with Crippen LogP contribution in [0.4, 0.5) is 0 Å². The summed E-state index contributed by atoms with van der Waals surface area (Å²) in [5.41, 5.74) is 0.728. The molecule has 1 saturated heterocycles. The van der Waals surface area contributed by atoms with Crippen molar-refractivity contribution in [2.24, 2.45) is 13.0 Å². The SMILES string of the molecule is Cn1c(=O)oc2cc(S(=O)(=O)N3CCC[C@@H](C(=O)NCc4ccco4)C3)ccc21. The first kappa shape index (κ1) is 19.5. The van der Waals surface area contributed by atoms with Gasteiger partial charge in [-0.2, -0.15) is 4.31 Å². The second kappa shape index (κ2) is 7.53. The predicted molar refractivity (Wildman–Crippen MR) is 103 cm³/mol. The Labute approximate surface area is 166 Å².